The van der Waals surface area contributed by atoms with Gasteiger partial charge in [0.25, 0.3) is 0 Å². The molecule has 0 bridgehead atoms. The molecular weight excluding hydrogens is 282 g/mol. The Morgan fingerprint density at radius 1 is 1.33 bits per heavy atom. The van der Waals surface area contributed by atoms with Crippen LogP contribution in [0.25, 0.3) is 0 Å². The second-order valence-electron chi connectivity index (χ2n) is 5.47. The number of hydrogen-bond donors (Lipinski definition) is 2. The Kier molecular flexibility index (Phi) is 4.41. The van der Waals surface area contributed by atoms with Gasteiger partial charge in [-0.1, -0.05) is 12.1 Å². The van der Waals surface area contributed by atoms with Gasteiger partial charge in [0, 0.05) is 24.2 Å². The lowest BCUT2D eigenvalue weighted by atomic mass is 10.1. The van der Waals surface area contributed by atoms with Gasteiger partial charge in [0.1, 0.15) is 5.01 Å². The van der Waals surface area contributed by atoms with Crippen molar-refractivity contribution in [2.45, 2.75) is 32.4 Å². The molecular formula is C16H21N3OS. The summed E-state index contributed by atoms with van der Waals surface area (Å²) in [6.07, 6.45) is 1.56. The molecule has 1 aromatic heterocycles. The Morgan fingerprint density at radius 2 is 2.10 bits per heavy atom. The van der Waals surface area contributed by atoms with Crippen LogP contribution in [-0.2, 0) is 6.54 Å². The van der Waals surface area contributed by atoms with Crippen LogP contribution in [0.5, 0.6) is 0 Å². The number of aryl methyl sites for hydroxylation is 1. The molecule has 0 radical (unpaired) electrons. The molecule has 3 rings (SSSR count). The van der Waals surface area contributed by atoms with Crippen LogP contribution in [0.3, 0.4) is 0 Å². The van der Waals surface area contributed by atoms with Crippen molar-refractivity contribution in [3.63, 3.8) is 0 Å². The third-order valence-corrected chi connectivity index (χ3v) is 4.77. The van der Waals surface area contributed by atoms with Gasteiger partial charge in [-0.15, -0.1) is 11.3 Å². The summed E-state index contributed by atoms with van der Waals surface area (Å²) in [5.41, 5.74) is 3.44. The summed E-state index contributed by atoms with van der Waals surface area (Å²) in [6, 6.07) is 8.38. The Labute approximate surface area is 129 Å². The van der Waals surface area contributed by atoms with Gasteiger partial charge < -0.3 is 15.3 Å². The molecule has 112 valence electrons. The molecule has 0 amide bonds. The summed E-state index contributed by atoms with van der Waals surface area (Å²) in [6.45, 7) is 4.60. The van der Waals surface area contributed by atoms with E-state index in [2.05, 4.69) is 44.8 Å². The van der Waals surface area contributed by atoms with E-state index < -0.39 is 0 Å². The van der Waals surface area contributed by atoms with Crippen molar-refractivity contribution in [1.82, 2.24) is 4.98 Å². The van der Waals surface area contributed by atoms with Crippen molar-refractivity contribution in [2.75, 3.05) is 23.3 Å². The zero-order valence-electron chi connectivity index (χ0n) is 12.2. The minimum absolute atomic E-state index is 0.139. The van der Waals surface area contributed by atoms with E-state index in [-0.39, 0.29) is 6.10 Å². The first kappa shape index (κ1) is 14.4. The molecule has 1 aromatic carbocycles. The lowest BCUT2D eigenvalue weighted by Gasteiger charge is -2.32. The van der Waals surface area contributed by atoms with E-state index in [4.69, 9.17) is 0 Å². The molecule has 1 saturated heterocycles. The summed E-state index contributed by atoms with van der Waals surface area (Å²) in [5, 5.41) is 16.3. The van der Waals surface area contributed by atoms with E-state index in [1.54, 1.807) is 11.3 Å². The van der Waals surface area contributed by atoms with Gasteiger partial charge >= 0.3 is 0 Å². The number of thiazole rings is 1. The second kappa shape index (κ2) is 6.45. The average Bonchev–Trinajstić information content (AvgIpc) is 2.92. The van der Waals surface area contributed by atoms with E-state index in [9.17, 15) is 5.11 Å². The lowest BCUT2D eigenvalue weighted by molar-refractivity contribution is 0.145. The molecule has 4 nitrogen and oxygen atoms in total. The third kappa shape index (κ3) is 3.54. The highest BCUT2D eigenvalue weighted by molar-refractivity contribution is 7.09. The van der Waals surface area contributed by atoms with Crippen LogP contribution >= 0.6 is 11.3 Å². The fourth-order valence-corrected chi connectivity index (χ4v) is 3.37. The predicted octanol–water partition coefficient (Wildman–Crippen LogP) is 3.02. The smallest absolute Gasteiger partial charge is 0.112 e. The second-order valence-corrected chi connectivity index (χ2v) is 6.41. The molecule has 1 aliphatic rings. The first-order valence-electron chi connectivity index (χ1n) is 7.39. The number of nitrogens with one attached hydrogen (secondary N) is 1. The molecule has 21 heavy (non-hydrogen) atoms. The zero-order valence-corrected chi connectivity index (χ0v) is 13.1. The van der Waals surface area contributed by atoms with E-state index in [1.165, 1.54) is 5.69 Å². The Bertz CT molecular complexity index is 591. The lowest BCUT2D eigenvalue weighted by Crippen LogP contribution is -2.36. The maximum atomic E-state index is 9.65. The normalized spacial score (nSPS) is 16.2. The molecule has 0 saturated carbocycles. The number of aliphatic hydroxyl groups is 1. The molecule has 2 N–H and O–H groups in total. The number of anilines is 2. The highest BCUT2D eigenvalue weighted by Crippen LogP contribution is 2.28. The van der Waals surface area contributed by atoms with Crippen LogP contribution in [0.4, 0.5) is 11.4 Å². The van der Waals surface area contributed by atoms with Crippen LogP contribution < -0.4 is 10.2 Å². The number of nitrogens with zero attached hydrogens (tertiary/aromatic N) is 2. The number of aromatic nitrogens is 1. The van der Waals surface area contributed by atoms with Gasteiger partial charge in [-0.2, -0.15) is 0 Å². The average molecular weight is 303 g/mol. The number of para-hydroxylation sites is 2. The summed E-state index contributed by atoms with van der Waals surface area (Å²) in [7, 11) is 0. The van der Waals surface area contributed by atoms with Crippen molar-refractivity contribution in [1.29, 1.82) is 0 Å². The summed E-state index contributed by atoms with van der Waals surface area (Å²) < 4.78 is 0. The quantitative estimate of drug-likeness (QED) is 0.911. The highest BCUT2D eigenvalue weighted by Gasteiger charge is 2.19. The van der Waals surface area contributed by atoms with Crippen molar-refractivity contribution in [3.8, 4) is 0 Å². The molecule has 1 aliphatic heterocycles. The summed E-state index contributed by atoms with van der Waals surface area (Å²) in [5.74, 6) is 0. The fraction of sp³-hybridized carbons (Fsp3) is 0.438. The van der Waals surface area contributed by atoms with Gasteiger partial charge in [0.2, 0.25) is 0 Å². The van der Waals surface area contributed by atoms with Crippen molar-refractivity contribution in [2.24, 2.45) is 0 Å². The molecule has 0 unspecified atom stereocenters. The van der Waals surface area contributed by atoms with E-state index in [0.29, 0.717) is 0 Å². The predicted molar refractivity (Wildman–Crippen MR) is 88.1 cm³/mol. The van der Waals surface area contributed by atoms with Gasteiger partial charge in [-0.25, -0.2) is 4.98 Å². The van der Waals surface area contributed by atoms with Gasteiger partial charge in [-0.05, 0) is 31.9 Å². The first-order chi connectivity index (χ1) is 10.2. The molecule has 0 spiro atoms. The first-order valence-corrected chi connectivity index (χ1v) is 8.27. The number of benzene rings is 1. The largest absolute Gasteiger partial charge is 0.393 e. The van der Waals surface area contributed by atoms with Gasteiger partial charge in [0.05, 0.1) is 24.0 Å². The monoisotopic (exact) mass is 303 g/mol. The maximum Gasteiger partial charge on any atom is 0.112 e. The molecule has 0 aliphatic carbocycles. The van der Waals surface area contributed by atoms with Crippen LogP contribution in [0.1, 0.15) is 23.5 Å². The van der Waals surface area contributed by atoms with Crippen LogP contribution in [0.2, 0.25) is 0 Å². The van der Waals surface area contributed by atoms with Crippen molar-refractivity contribution < 1.29 is 5.11 Å². The number of rotatable bonds is 4. The maximum absolute atomic E-state index is 9.65. The van der Waals surface area contributed by atoms with E-state index in [1.807, 2.05) is 6.92 Å². The standard InChI is InChI=1S/C16H21N3OS/c1-12-11-21-16(18-12)10-17-14-4-2-3-5-15(14)19-8-6-13(20)7-9-19/h2-5,11,13,17,20H,6-10H2,1H3. The molecule has 1 fully saturated rings. The van der Waals surface area contributed by atoms with E-state index in [0.717, 1.165) is 48.9 Å². The highest BCUT2D eigenvalue weighted by atomic mass is 32.1. The third-order valence-electron chi connectivity index (χ3n) is 3.81. The molecule has 0 atom stereocenters. The summed E-state index contributed by atoms with van der Waals surface area (Å²) >= 11 is 1.69. The van der Waals surface area contributed by atoms with Crippen LogP contribution in [0, 0.1) is 6.92 Å². The number of aliphatic hydroxyl groups excluding tert-OH is 1. The SMILES string of the molecule is Cc1csc(CNc2ccccc2N2CCC(O)CC2)n1. The molecule has 2 heterocycles. The topological polar surface area (TPSA) is 48.4 Å². The van der Waals surface area contributed by atoms with Gasteiger partial charge in [0.15, 0.2) is 0 Å². The number of piperidine rings is 1. The van der Waals surface area contributed by atoms with Crippen molar-refractivity contribution in [3.05, 3.63) is 40.3 Å². The minimum Gasteiger partial charge on any atom is -0.393 e. The van der Waals surface area contributed by atoms with Crippen molar-refractivity contribution >= 4 is 22.7 Å². The Morgan fingerprint density at radius 3 is 2.81 bits per heavy atom. The number of hydrogen-bond acceptors (Lipinski definition) is 5. The van der Waals surface area contributed by atoms with Crippen LogP contribution in [0.15, 0.2) is 29.6 Å². The molecule has 5 heteroatoms. The fourth-order valence-electron chi connectivity index (χ4n) is 2.66. The minimum atomic E-state index is -0.139. The van der Waals surface area contributed by atoms with Gasteiger partial charge in [-0.3, -0.25) is 0 Å². The van der Waals surface area contributed by atoms with Crippen LogP contribution in [-0.4, -0.2) is 29.3 Å². The Hall–Kier alpha value is -1.59. The van der Waals surface area contributed by atoms with E-state index >= 15 is 0 Å². The molecule has 2 aromatic rings. The Balaban J connectivity index is 1.70. The zero-order chi connectivity index (χ0) is 14.7. The summed E-state index contributed by atoms with van der Waals surface area (Å²) in [4.78, 5) is 6.84.